The third kappa shape index (κ3) is 3.61. The van der Waals surface area contributed by atoms with Crippen molar-refractivity contribution in [1.82, 2.24) is 10.3 Å². The Bertz CT molecular complexity index is 556. The van der Waals surface area contributed by atoms with Gasteiger partial charge in [0.2, 0.25) is 5.88 Å². The number of hydrogen-bond donors (Lipinski definition) is 2. The highest BCUT2D eigenvalue weighted by molar-refractivity contribution is 5.39. The highest BCUT2D eigenvalue weighted by Gasteiger charge is 2.03. The second-order valence-electron chi connectivity index (χ2n) is 4.31. The van der Waals surface area contributed by atoms with Crippen LogP contribution in [0.15, 0.2) is 36.5 Å². The van der Waals surface area contributed by atoms with Gasteiger partial charge in [-0.15, -0.1) is 0 Å². The van der Waals surface area contributed by atoms with Gasteiger partial charge in [0.25, 0.3) is 0 Å². The quantitative estimate of drug-likeness (QED) is 0.844. The maximum absolute atomic E-state index is 9.77. The largest absolute Gasteiger partial charge is 0.508 e. The van der Waals surface area contributed by atoms with E-state index in [1.807, 2.05) is 18.2 Å². The van der Waals surface area contributed by atoms with Crippen LogP contribution in [0.1, 0.15) is 11.1 Å². The summed E-state index contributed by atoms with van der Waals surface area (Å²) in [6.45, 7) is 1.21. The van der Waals surface area contributed by atoms with Gasteiger partial charge >= 0.3 is 0 Å². The molecule has 106 valence electrons. The van der Waals surface area contributed by atoms with Crippen molar-refractivity contribution in [2.45, 2.75) is 13.1 Å². The van der Waals surface area contributed by atoms with Crippen LogP contribution in [-0.4, -0.2) is 24.3 Å². The van der Waals surface area contributed by atoms with E-state index in [0.717, 1.165) is 16.9 Å². The molecule has 20 heavy (non-hydrogen) atoms. The number of nitrogens with one attached hydrogen (secondary N) is 1. The predicted molar refractivity (Wildman–Crippen MR) is 76.0 cm³/mol. The smallest absolute Gasteiger partial charge is 0.212 e. The van der Waals surface area contributed by atoms with Crippen LogP contribution in [-0.2, 0) is 13.1 Å². The summed E-state index contributed by atoms with van der Waals surface area (Å²) in [5.41, 5.74) is 1.85. The molecule has 0 unspecified atom stereocenters. The molecule has 0 saturated carbocycles. The van der Waals surface area contributed by atoms with Crippen LogP contribution in [0.4, 0.5) is 0 Å². The van der Waals surface area contributed by atoms with Gasteiger partial charge < -0.3 is 19.9 Å². The number of benzene rings is 1. The normalized spacial score (nSPS) is 10.3. The molecular formula is C15H18N2O3. The molecule has 0 radical (unpaired) electrons. The van der Waals surface area contributed by atoms with Gasteiger partial charge in [0.05, 0.1) is 14.2 Å². The molecule has 0 atom stereocenters. The number of phenolic OH excluding ortho intramolecular Hbond substituents is 1. The van der Waals surface area contributed by atoms with Crippen molar-refractivity contribution >= 4 is 0 Å². The van der Waals surface area contributed by atoms with Gasteiger partial charge in [-0.05, 0) is 23.8 Å². The van der Waals surface area contributed by atoms with Gasteiger partial charge in [-0.1, -0.05) is 6.07 Å². The molecular weight excluding hydrogens is 256 g/mol. The van der Waals surface area contributed by atoms with Crippen LogP contribution in [0, 0.1) is 0 Å². The highest BCUT2D eigenvalue weighted by Crippen LogP contribution is 2.22. The number of phenols is 1. The number of aromatic hydroxyl groups is 1. The summed E-state index contributed by atoms with van der Waals surface area (Å²) in [5, 5.41) is 13.0. The number of nitrogens with zero attached hydrogens (tertiary/aromatic N) is 1. The van der Waals surface area contributed by atoms with Crippen LogP contribution in [0.25, 0.3) is 0 Å². The molecule has 0 saturated heterocycles. The first-order valence-corrected chi connectivity index (χ1v) is 6.28. The number of rotatable bonds is 6. The second kappa shape index (κ2) is 6.77. The molecule has 0 aliphatic rings. The van der Waals surface area contributed by atoms with Crippen molar-refractivity contribution in [1.29, 1.82) is 0 Å². The molecule has 5 nitrogen and oxygen atoms in total. The molecule has 0 bridgehead atoms. The number of ether oxygens (including phenoxy) is 2. The topological polar surface area (TPSA) is 63.6 Å². The minimum atomic E-state index is 0.256. The zero-order chi connectivity index (χ0) is 14.4. The molecule has 2 N–H and O–H groups in total. The summed E-state index contributed by atoms with van der Waals surface area (Å²) in [5.74, 6) is 1.58. The number of methoxy groups -OCH3 is 2. The van der Waals surface area contributed by atoms with E-state index in [2.05, 4.69) is 10.3 Å². The lowest BCUT2D eigenvalue weighted by molar-refractivity contribution is 0.397. The van der Waals surface area contributed by atoms with Gasteiger partial charge in [0.1, 0.15) is 11.5 Å². The first kappa shape index (κ1) is 14.1. The van der Waals surface area contributed by atoms with E-state index in [4.69, 9.17) is 9.47 Å². The molecule has 1 heterocycles. The van der Waals surface area contributed by atoms with Gasteiger partial charge in [0, 0.05) is 30.9 Å². The maximum atomic E-state index is 9.77. The van der Waals surface area contributed by atoms with E-state index in [0.29, 0.717) is 19.0 Å². The summed E-state index contributed by atoms with van der Waals surface area (Å²) in [6, 6.07) is 8.94. The lowest BCUT2D eigenvalue weighted by Crippen LogP contribution is -2.13. The van der Waals surface area contributed by atoms with Crippen molar-refractivity contribution in [3.8, 4) is 17.4 Å². The average Bonchev–Trinajstić information content (AvgIpc) is 2.50. The molecule has 0 amide bonds. The molecule has 2 aromatic rings. The van der Waals surface area contributed by atoms with Crippen molar-refractivity contribution < 1.29 is 14.6 Å². The first-order valence-electron chi connectivity index (χ1n) is 6.28. The van der Waals surface area contributed by atoms with Gasteiger partial charge in [-0.3, -0.25) is 0 Å². The van der Waals surface area contributed by atoms with E-state index >= 15 is 0 Å². The Labute approximate surface area is 118 Å². The number of aromatic nitrogens is 1. The Morgan fingerprint density at radius 3 is 2.60 bits per heavy atom. The van der Waals surface area contributed by atoms with Crippen molar-refractivity contribution in [3.05, 3.63) is 47.7 Å². The molecule has 2 rings (SSSR count). The molecule has 1 aromatic carbocycles. The summed E-state index contributed by atoms with van der Waals surface area (Å²) in [4.78, 5) is 4.14. The zero-order valence-electron chi connectivity index (χ0n) is 11.6. The van der Waals surface area contributed by atoms with Crippen molar-refractivity contribution in [2.75, 3.05) is 14.2 Å². The predicted octanol–water partition coefficient (Wildman–Crippen LogP) is 2.09. The first-order chi connectivity index (χ1) is 9.72. The van der Waals surface area contributed by atoms with E-state index in [1.165, 1.54) is 0 Å². The van der Waals surface area contributed by atoms with Gasteiger partial charge in [-0.25, -0.2) is 4.98 Å². The van der Waals surface area contributed by atoms with Gasteiger partial charge in [-0.2, -0.15) is 0 Å². The maximum Gasteiger partial charge on any atom is 0.212 e. The lowest BCUT2D eigenvalue weighted by atomic mass is 10.2. The van der Waals surface area contributed by atoms with Crippen LogP contribution >= 0.6 is 0 Å². The summed E-state index contributed by atoms with van der Waals surface area (Å²) < 4.78 is 10.1. The Morgan fingerprint density at radius 1 is 1.10 bits per heavy atom. The van der Waals surface area contributed by atoms with Crippen LogP contribution < -0.4 is 14.8 Å². The third-order valence-electron chi connectivity index (χ3n) is 2.94. The molecule has 0 fully saturated rings. The Hall–Kier alpha value is -2.27. The lowest BCUT2D eigenvalue weighted by Gasteiger charge is -2.09. The minimum absolute atomic E-state index is 0.256. The standard InChI is InChI=1S/C15H18N2O3/c1-19-13-4-5-14(18)12(7-13)10-16-8-11-3-6-15(20-2)17-9-11/h3-7,9,16,18H,8,10H2,1-2H3. The fourth-order valence-electron chi connectivity index (χ4n) is 1.81. The minimum Gasteiger partial charge on any atom is -0.508 e. The fourth-order valence-corrected chi connectivity index (χ4v) is 1.81. The van der Waals surface area contributed by atoms with E-state index in [-0.39, 0.29) is 5.75 Å². The average molecular weight is 274 g/mol. The molecule has 0 spiro atoms. The zero-order valence-corrected chi connectivity index (χ0v) is 11.6. The van der Waals surface area contributed by atoms with Crippen LogP contribution in [0.5, 0.6) is 17.4 Å². The Morgan fingerprint density at radius 2 is 1.95 bits per heavy atom. The molecule has 0 aliphatic heterocycles. The second-order valence-corrected chi connectivity index (χ2v) is 4.31. The molecule has 5 heteroatoms. The monoisotopic (exact) mass is 274 g/mol. The van der Waals surface area contributed by atoms with Crippen LogP contribution in [0.2, 0.25) is 0 Å². The van der Waals surface area contributed by atoms with Gasteiger partial charge in [0.15, 0.2) is 0 Å². The summed E-state index contributed by atoms with van der Waals surface area (Å²) in [7, 11) is 3.19. The Balaban J connectivity index is 1.91. The summed E-state index contributed by atoms with van der Waals surface area (Å²) in [6.07, 6.45) is 1.76. The van der Waals surface area contributed by atoms with Crippen molar-refractivity contribution in [2.24, 2.45) is 0 Å². The van der Waals surface area contributed by atoms with E-state index in [9.17, 15) is 5.11 Å². The third-order valence-corrected chi connectivity index (χ3v) is 2.94. The molecule has 1 aromatic heterocycles. The summed E-state index contributed by atoms with van der Waals surface area (Å²) >= 11 is 0. The van der Waals surface area contributed by atoms with Crippen LogP contribution in [0.3, 0.4) is 0 Å². The van der Waals surface area contributed by atoms with E-state index in [1.54, 1.807) is 32.5 Å². The SMILES string of the molecule is COc1ccc(O)c(CNCc2ccc(OC)nc2)c1. The molecule has 0 aliphatic carbocycles. The highest BCUT2D eigenvalue weighted by atomic mass is 16.5. The van der Waals surface area contributed by atoms with E-state index < -0.39 is 0 Å². The van der Waals surface area contributed by atoms with Crippen molar-refractivity contribution in [3.63, 3.8) is 0 Å². The number of hydrogen-bond acceptors (Lipinski definition) is 5. The fraction of sp³-hybridized carbons (Fsp3) is 0.267. The Kier molecular flexibility index (Phi) is 4.79. The number of pyridine rings is 1.